The van der Waals surface area contributed by atoms with E-state index in [1.54, 1.807) is 29.3 Å². The highest BCUT2D eigenvalue weighted by molar-refractivity contribution is 7.23. The summed E-state index contributed by atoms with van der Waals surface area (Å²) in [5.74, 6) is -1.07. The van der Waals surface area contributed by atoms with E-state index in [1.165, 1.54) is 16.7 Å². The highest BCUT2D eigenvalue weighted by Crippen LogP contribution is 2.48. The minimum Gasteiger partial charge on any atom is -0.461 e. The van der Waals surface area contributed by atoms with Gasteiger partial charge in [-0.05, 0) is 62.1 Å². The Kier molecular flexibility index (Phi) is 7.78. The van der Waals surface area contributed by atoms with E-state index in [2.05, 4.69) is 16.0 Å². The number of benzene rings is 2. The molecule has 4 saturated heterocycles. The van der Waals surface area contributed by atoms with E-state index in [-0.39, 0.29) is 66.7 Å². The van der Waals surface area contributed by atoms with Gasteiger partial charge in [0.2, 0.25) is 0 Å². The molecule has 1 unspecified atom stereocenters. The summed E-state index contributed by atoms with van der Waals surface area (Å²) >= 11 is 7.80. The molecule has 0 bridgehead atoms. The summed E-state index contributed by atoms with van der Waals surface area (Å²) in [7, 11) is 0. The van der Waals surface area contributed by atoms with Gasteiger partial charge in [-0.2, -0.15) is 20.5 Å². The third-order valence-corrected chi connectivity index (χ3v) is 12.9. The molecule has 4 aliphatic rings. The number of nitriles is 2. The Labute approximate surface area is 310 Å². The monoisotopic (exact) mass is 757 g/mol. The number of rotatable bonds is 5. The molecule has 0 radical (unpaired) electrons. The molecular weight excluding hydrogens is 727 g/mol. The Morgan fingerprint density at radius 3 is 2.74 bits per heavy atom. The van der Waals surface area contributed by atoms with Gasteiger partial charge in [0.25, 0.3) is 0 Å². The Hall–Kier alpha value is -5.09. The fraction of sp³-hybridized carbons (Fsp3) is 0.378. The second kappa shape index (κ2) is 12.2. The van der Waals surface area contributed by atoms with Crippen LogP contribution < -0.4 is 15.4 Å². The van der Waals surface area contributed by atoms with Crippen LogP contribution in [0.2, 0.25) is 5.02 Å². The van der Waals surface area contributed by atoms with Crippen LogP contribution in [0.4, 0.5) is 28.8 Å². The maximum atomic E-state index is 17.2. The van der Waals surface area contributed by atoms with E-state index in [0.717, 1.165) is 37.1 Å². The second-order valence-corrected chi connectivity index (χ2v) is 15.8. The minimum absolute atomic E-state index is 0.0125. The number of amides is 1. The molecule has 1 amide bonds. The van der Waals surface area contributed by atoms with Crippen molar-refractivity contribution < 1.29 is 22.7 Å². The van der Waals surface area contributed by atoms with Crippen LogP contribution in [-0.2, 0) is 0 Å². The number of hydrogen-bond acceptors (Lipinski definition) is 10. The summed E-state index contributed by atoms with van der Waals surface area (Å²) in [6, 6.07) is 11.0. The summed E-state index contributed by atoms with van der Waals surface area (Å²) in [6.07, 6.45) is 3.89. The summed E-state index contributed by atoms with van der Waals surface area (Å²) in [6.45, 7) is 2.55. The average Bonchev–Trinajstić information content (AvgIpc) is 3.96. The maximum Gasteiger partial charge on any atom is 0.329 e. The lowest BCUT2D eigenvalue weighted by Gasteiger charge is -2.50. The van der Waals surface area contributed by atoms with E-state index >= 15 is 4.39 Å². The van der Waals surface area contributed by atoms with E-state index in [4.69, 9.17) is 27.1 Å². The highest BCUT2D eigenvalue weighted by atomic mass is 35.5. The van der Waals surface area contributed by atoms with Gasteiger partial charge in [-0.25, -0.2) is 18.0 Å². The number of nitrogens with zero attached hydrogens (tertiary/aromatic N) is 8. The number of carbonyl (C=O) groups excluding carboxylic acids is 1. The molecule has 4 fully saturated rings. The molecule has 11 nitrogen and oxygen atoms in total. The molecule has 4 aliphatic heterocycles. The number of hydrogen-bond donors (Lipinski definition) is 1. The van der Waals surface area contributed by atoms with Crippen molar-refractivity contribution in [2.45, 2.75) is 49.4 Å². The molecule has 0 saturated carbocycles. The summed E-state index contributed by atoms with van der Waals surface area (Å²) in [5.41, 5.74) is 5.28. The maximum absolute atomic E-state index is 17.2. The standard InChI is InChI=1S/C37H31ClF3N9O2S/c38-25-13-23-30(29(41)28(25)22-4-5-26(40)31-27(22)24(16-43)32(44)53-31)45-34(52-19-37-6-2-9-48(37)17-20(39)14-37)46-33(23)47-11-7-36(18-47)8-12-50(36)35(51)49-10-1-3-21(49)15-42/h1,3-5,10,13,20H,2,6-9,11-12,14,17-19,44H2/t20-,36?,37+/m1/s1. The molecule has 53 heavy (non-hydrogen) atoms. The van der Waals surface area contributed by atoms with Gasteiger partial charge in [0.1, 0.15) is 52.8 Å². The number of anilines is 2. The van der Waals surface area contributed by atoms with Gasteiger partial charge in [0, 0.05) is 55.1 Å². The number of ether oxygens (including phenoxy) is 1. The molecule has 16 heteroatoms. The molecule has 1 spiro atoms. The van der Waals surface area contributed by atoms with Crippen LogP contribution in [0.5, 0.6) is 6.01 Å². The molecule has 2 aromatic carbocycles. The molecule has 270 valence electrons. The van der Waals surface area contributed by atoms with E-state index in [0.29, 0.717) is 50.2 Å². The number of halogens is 4. The van der Waals surface area contributed by atoms with Crippen molar-refractivity contribution in [3.8, 4) is 29.3 Å². The predicted octanol–water partition coefficient (Wildman–Crippen LogP) is 6.85. The van der Waals surface area contributed by atoms with Crippen LogP contribution in [-0.4, -0.2) is 86.9 Å². The number of fused-ring (bicyclic) bond motifs is 3. The van der Waals surface area contributed by atoms with Crippen molar-refractivity contribution >= 4 is 60.8 Å². The van der Waals surface area contributed by atoms with E-state index in [9.17, 15) is 24.1 Å². The normalized spacial score (nSPS) is 23.8. The van der Waals surface area contributed by atoms with Crippen LogP contribution in [0.1, 0.15) is 43.4 Å². The van der Waals surface area contributed by atoms with Crippen LogP contribution in [0.3, 0.4) is 0 Å². The molecule has 2 N–H and O–H groups in total. The number of likely N-dealkylation sites (tertiary alicyclic amines) is 1. The molecule has 3 aromatic heterocycles. The second-order valence-electron chi connectivity index (χ2n) is 14.3. The largest absolute Gasteiger partial charge is 0.461 e. The highest BCUT2D eigenvalue weighted by Gasteiger charge is 2.53. The first-order valence-corrected chi connectivity index (χ1v) is 18.5. The van der Waals surface area contributed by atoms with Gasteiger partial charge < -0.3 is 20.3 Å². The number of nitrogen functional groups attached to an aromatic ring is 1. The fourth-order valence-electron chi connectivity index (χ4n) is 8.94. The number of alkyl halides is 1. The number of aromatic nitrogens is 3. The van der Waals surface area contributed by atoms with Crippen molar-refractivity contribution in [3.05, 3.63) is 64.4 Å². The quantitative estimate of drug-likeness (QED) is 0.204. The average molecular weight is 758 g/mol. The third kappa shape index (κ3) is 5.05. The van der Waals surface area contributed by atoms with E-state index < -0.39 is 28.9 Å². The summed E-state index contributed by atoms with van der Waals surface area (Å²) < 4.78 is 54.5. The molecule has 3 atom stereocenters. The van der Waals surface area contributed by atoms with Gasteiger partial charge in [-0.15, -0.1) is 11.3 Å². The van der Waals surface area contributed by atoms with Crippen LogP contribution in [0.25, 0.3) is 32.1 Å². The topological polar surface area (TPSA) is 140 Å². The molecule has 9 rings (SSSR count). The molecular formula is C37H31ClF3N9O2S. The van der Waals surface area contributed by atoms with Gasteiger partial charge in [-0.1, -0.05) is 17.7 Å². The van der Waals surface area contributed by atoms with Gasteiger partial charge >= 0.3 is 12.0 Å². The summed E-state index contributed by atoms with van der Waals surface area (Å²) in [5, 5.41) is 20.0. The van der Waals surface area contributed by atoms with Crippen molar-refractivity contribution in [1.29, 1.82) is 10.5 Å². The first-order valence-electron chi connectivity index (χ1n) is 17.3. The van der Waals surface area contributed by atoms with Crippen LogP contribution in [0.15, 0.2) is 36.5 Å². The van der Waals surface area contributed by atoms with Crippen molar-refractivity contribution in [1.82, 2.24) is 24.3 Å². The lowest BCUT2D eigenvalue weighted by Crippen LogP contribution is -2.64. The van der Waals surface area contributed by atoms with Gasteiger partial charge in [-0.3, -0.25) is 9.47 Å². The lowest BCUT2D eigenvalue weighted by molar-refractivity contribution is 0.0414. The predicted molar refractivity (Wildman–Crippen MR) is 194 cm³/mol. The number of nitrogens with two attached hydrogens (primary N) is 1. The van der Waals surface area contributed by atoms with Crippen molar-refractivity contribution in [2.75, 3.05) is 50.0 Å². The zero-order chi connectivity index (χ0) is 36.8. The van der Waals surface area contributed by atoms with Crippen LogP contribution in [0, 0.1) is 34.3 Å². The van der Waals surface area contributed by atoms with Gasteiger partial charge in [0.05, 0.1) is 26.4 Å². The SMILES string of the molecule is N#Cc1c(N)sc2c(F)ccc(-c3c(Cl)cc4c(N5CCC6(CCN6C(=O)n6cccc6C#N)C5)nc(OC[C@@]56CCCN5C[C@H](F)C6)nc4c3F)c12. The zero-order valence-corrected chi connectivity index (χ0v) is 29.8. The van der Waals surface area contributed by atoms with Gasteiger partial charge in [0.15, 0.2) is 5.82 Å². The zero-order valence-electron chi connectivity index (χ0n) is 28.2. The Bertz CT molecular complexity index is 2460. The Morgan fingerprint density at radius 2 is 1.96 bits per heavy atom. The van der Waals surface area contributed by atoms with Crippen molar-refractivity contribution in [2.24, 2.45) is 0 Å². The van der Waals surface area contributed by atoms with E-state index in [1.807, 2.05) is 11.0 Å². The molecule has 7 heterocycles. The van der Waals surface area contributed by atoms with Crippen molar-refractivity contribution in [3.63, 3.8) is 0 Å². The smallest absolute Gasteiger partial charge is 0.329 e. The Balaban J connectivity index is 1.15. The Morgan fingerprint density at radius 1 is 1.13 bits per heavy atom. The first kappa shape index (κ1) is 33.7. The molecule has 0 aliphatic carbocycles. The first-order chi connectivity index (χ1) is 25.6. The lowest BCUT2D eigenvalue weighted by atomic mass is 9.84. The number of thiophene rings is 1. The number of carbonyl (C=O) groups is 1. The third-order valence-electron chi connectivity index (χ3n) is 11.6. The fourth-order valence-corrected chi connectivity index (χ4v) is 10.2. The van der Waals surface area contributed by atoms with Crippen LogP contribution >= 0.6 is 22.9 Å². The minimum atomic E-state index is -0.976. The molecule has 5 aromatic rings. The summed E-state index contributed by atoms with van der Waals surface area (Å²) in [4.78, 5) is 28.8.